The van der Waals surface area contributed by atoms with Crippen molar-refractivity contribution in [2.75, 3.05) is 36.5 Å². The number of para-hydroxylation sites is 2. The van der Waals surface area contributed by atoms with Gasteiger partial charge in [-0.3, -0.25) is 4.79 Å². The van der Waals surface area contributed by atoms with E-state index < -0.39 is 0 Å². The number of hydrogen-bond acceptors (Lipinski definition) is 6. The van der Waals surface area contributed by atoms with Crippen LogP contribution in [0.15, 0.2) is 46.5 Å². The molecule has 1 aliphatic heterocycles. The second kappa shape index (κ2) is 7.35. The molecule has 3 aromatic rings. The summed E-state index contributed by atoms with van der Waals surface area (Å²) in [7, 11) is 0. The Morgan fingerprint density at radius 1 is 1.16 bits per heavy atom. The molecule has 1 saturated heterocycles. The number of thiazole rings is 1. The average Bonchev–Trinajstić information content (AvgIpc) is 3.34. The van der Waals surface area contributed by atoms with Gasteiger partial charge >= 0.3 is 0 Å². The number of nitrogens with zero attached hydrogens (tertiary/aromatic N) is 2. The molecule has 1 amide bonds. The molecule has 1 aliphatic rings. The van der Waals surface area contributed by atoms with Gasteiger partial charge < -0.3 is 15.0 Å². The molecular weight excluding hydrogens is 354 g/mol. The number of aromatic nitrogens is 1. The zero-order valence-corrected chi connectivity index (χ0v) is 15.1. The first-order valence-corrected chi connectivity index (χ1v) is 9.85. The van der Waals surface area contributed by atoms with Gasteiger partial charge in [-0.05, 0) is 23.6 Å². The highest BCUT2D eigenvalue weighted by Gasteiger charge is 2.17. The molecule has 4 rings (SSSR count). The Morgan fingerprint density at radius 3 is 2.80 bits per heavy atom. The van der Waals surface area contributed by atoms with E-state index in [1.54, 1.807) is 16.7 Å². The third-order valence-electron chi connectivity index (χ3n) is 4.01. The predicted octanol–water partition coefficient (Wildman–Crippen LogP) is 3.96. The molecule has 1 aromatic carbocycles. The normalized spacial score (nSPS) is 14.5. The van der Waals surface area contributed by atoms with Gasteiger partial charge in [0.2, 0.25) is 0 Å². The van der Waals surface area contributed by atoms with Crippen LogP contribution in [0.1, 0.15) is 10.5 Å². The van der Waals surface area contributed by atoms with Gasteiger partial charge in [-0.1, -0.05) is 12.1 Å². The topological polar surface area (TPSA) is 54.5 Å². The number of benzene rings is 1. The summed E-state index contributed by atoms with van der Waals surface area (Å²) in [5.41, 5.74) is 3.33. The molecule has 0 saturated carbocycles. The van der Waals surface area contributed by atoms with Crippen LogP contribution >= 0.6 is 22.7 Å². The highest BCUT2D eigenvalue weighted by molar-refractivity contribution is 7.14. The standard InChI is InChI=1S/C18H17N3O2S2/c22-17(15-12-25-18(20-15)13-5-10-24-11-13)19-14-3-1-2-4-16(14)21-6-8-23-9-7-21/h1-5,10-12H,6-9H2,(H,19,22). The number of morpholine rings is 1. The van der Waals surface area contributed by atoms with Crippen molar-refractivity contribution in [1.82, 2.24) is 4.98 Å². The van der Waals surface area contributed by atoms with Crippen molar-refractivity contribution < 1.29 is 9.53 Å². The monoisotopic (exact) mass is 371 g/mol. The largest absolute Gasteiger partial charge is 0.378 e. The number of nitrogens with one attached hydrogen (secondary N) is 1. The Morgan fingerprint density at radius 2 is 2.00 bits per heavy atom. The van der Waals surface area contributed by atoms with E-state index in [2.05, 4.69) is 15.2 Å². The number of amides is 1. The van der Waals surface area contributed by atoms with Gasteiger partial charge in [0.25, 0.3) is 5.91 Å². The van der Waals surface area contributed by atoms with E-state index in [4.69, 9.17) is 4.74 Å². The van der Waals surface area contributed by atoms with E-state index in [1.165, 1.54) is 11.3 Å². The molecule has 3 heterocycles. The first kappa shape index (κ1) is 16.3. The maximum Gasteiger partial charge on any atom is 0.275 e. The van der Waals surface area contributed by atoms with Crippen LogP contribution in [0, 0.1) is 0 Å². The van der Waals surface area contributed by atoms with Gasteiger partial charge in [-0.25, -0.2) is 4.98 Å². The molecule has 7 heteroatoms. The van der Waals surface area contributed by atoms with Gasteiger partial charge in [0.15, 0.2) is 0 Å². The predicted molar refractivity (Wildman–Crippen MR) is 103 cm³/mol. The van der Waals surface area contributed by atoms with Crippen LogP contribution in [-0.2, 0) is 4.74 Å². The van der Waals surface area contributed by atoms with Gasteiger partial charge in [0, 0.05) is 29.4 Å². The third-order valence-corrected chi connectivity index (χ3v) is 5.58. The number of ether oxygens (including phenoxy) is 1. The molecule has 0 radical (unpaired) electrons. The lowest BCUT2D eigenvalue weighted by Crippen LogP contribution is -2.36. The molecule has 25 heavy (non-hydrogen) atoms. The smallest absolute Gasteiger partial charge is 0.275 e. The molecule has 1 N–H and O–H groups in total. The molecule has 1 fully saturated rings. The number of hydrogen-bond donors (Lipinski definition) is 1. The second-order valence-corrected chi connectivity index (χ2v) is 7.26. The second-order valence-electron chi connectivity index (χ2n) is 5.62. The average molecular weight is 371 g/mol. The van der Waals surface area contributed by atoms with Crippen LogP contribution in [0.3, 0.4) is 0 Å². The number of thiophene rings is 1. The molecule has 0 spiro atoms. The molecule has 0 atom stereocenters. The summed E-state index contributed by atoms with van der Waals surface area (Å²) >= 11 is 3.11. The minimum atomic E-state index is -0.182. The molecule has 0 aliphatic carbocycles. The lowest BCUT2D eigenvalue weighted by Gasteiger charge is -2.30. The number of carbonyl (C=O) groups excluding carboxylic acids is 1. The Balaban J connectivity index is 1.53. The fourth-order valence-corrected chi connectivity index (χ4v) is 4.25. The van der Waals surface area contributed by atoms with Crippen LogP contribution in [-0.4, -0.2) is 37.2 Å². The van der Waals surface area contributed by atoms with E-state index in [0.29, 0.717) is 18.9 Å². The van der Waals surface area contributed by atoms with Crippen molar-refractivity contribution in [3.63, 3.8) is 0 Å². The van der Waals surface area contributed by atoms with Gasteiger partial charge in [-0.2, -0.15) is 11.3 Å². The van der Waals surface area contributed by atoms with Crippen LogP contribution in [0.2, 0.25) is 0 Å². The van der Waals surface area contributed by atoms with Crippen LogP contribution < -0.4 is 10.2 Å². The third kappa shape index (κ3) is 3.58. The SMILES string of the molecule is O=C(Nc1ccccc1N1CCOCC1)c1csc(-c2ccsc2)n1. The number of anilines is 2. The molecule has 5 nitrogen and oxygen atoms in total. The van der Waals surface area contributed by atoms with E-state index in [1.807, 2.05) is 41.1 Å². The minimum Gasteiger partial charge on any atom is -0.378 e. The molecule has 0 unspecified atom stereocenters. The number of carbonyl (C=O) groups is 1. The Kier molecular flexibility index (Phi) is 4.78. The molecule has 2 aromatic heterocycles. The summed E-state index contributed by atoms with van der Waals surface area (Å²) in [4.78, 5) is 19.3. The molecule has 128 valence electrons. The maximum absolute atomic E-state index is 12.6. The van der Waals surface area contributed by atoms with Crippen molar-refractivity contribution in [2.24, 2.45) is 0 Å². The fraction of sp³-hybridized carbons (Fsp3) is 0.222. The van der Waals surface area contributed by atoms with Gasteiger partial charge in [0.05, 0.1) is 24.6 Å². The zero-order valence-electron chi connectivity index (χ0n) is 13.5. The quantitative estimate of drug-likeness (QED) is 0.754. The lowest BCUT2D eigenvalue weighted by molar-refractivity contribution is 0.102. The summed E-state index contributed by atoms with van der Waals surface area (Å²) in [6.07, 6.45) is 0. The first-order valence-electron chi connectivity index (χ1n) is 8.02. The Hall–Kier alpha value is -2.22. The van der Waals surface area contributed by atoms with E-state index in [9.17, 15) is 4.79 Å². The summed E-state index contributed by atoms with van der Waals surface area (Å²) in [6.45, 7) is 3.06. The highest BCUT2D eigenvalue weighted by Crippen LogP contribution is 2.28. The first-order chi connectivity index (χ1) is 12.3. The maximum atomic E-state index is 12.6. The van der Waals surface area contributed by atoms with Crippen LogP contribution in [0.4, 0.5) is 11.4 Å². The van der Waals surface area contributed by atoms with Crippen LogP contribution in [0.5, 0.6) is 0 Å². The van der Waals surface area contributed by atoms with Crippen molar-refractivity contribution in [1.29, 1.82) is 0 Å². The zero-order chi connectivity index (χ0) is 17.1. The van der Waals surface area contributed by atoms with Crippen molar-refractivity contribution in [3.8, 4) is 10.6 Å². The van der Waals surface area contributed by atoms with E-state index >= 15 is 0 Å². The van der Waals surface area contributed by atoms with E-state index in [0.717, 1.165) is 35.0 Å². The summed E-state index contributed by atoms with van der Waals surface area (Å²) in [6, 6.07) is 9.88. The van der Waals surface area contributed by atoms with E-state index in [-0.39, 0.29) is 5.91 Å². The van der Waals surface area contributed by atoms with Crippen molar-refractivity contribution >= 4 is 40.0 Å². The Labute approximate surface area is 153 Å². The molecular formula is C18H17N3O2S2. The molecule has 0 bridgehead atoms. The Bertz CT molecular complexity index is 855. The summed E-state index contributed by atoms with van der Waals surface area (Å²) in [5, 5.41) is 9.73. The van der Waals surface area contributed by atoms with Crippen molar-refractivity contribution in [3.05, 3.63) is 52.2 Å². The van der Waals surface area contributed by atoms with Crippen LogP contribution in [0.25, 0.3) is 10.6 Å². The minimum absolute atomic E-state index is 0.182. The fourth-order valence-electron chi connectivity index (χ4n) is 2.74. The lowest BCUT2D eigenvalue weighted by atomic mass is 10.2. The van der Waals surface area contributed by atoms with Gasteiger partial charge in [0.1, 0.15) is 10.7 Å². The van der Waals surface area contributed by atoms with Crippen molar-refractivity contribution in [2.45, 2.75) is 0 Å². The highest BCUT2D eigenvalue weighted by atomic mass is 32.1. The number of rotatable bonds is 4. The summed E-state index contributed by atoms with van der Waals surface area (Å²) < 4.78 is 5.41. The summed E-state index contributed by atoms with van der Waals surface area (Å²) in [5.74, 6) is -0.182. The van der Waals surface area contributed by atoms with Gasteiger partial charge in [-0.15, -0.1) is 11.3 Å².